The number of carbonyl (C=O) groups is 1. The van der Waals surface area contributed by atoms with E-state index in [9.17, 15) is 20.1 Å². The first-order valence-electron chi connectivity index (χ1n) is 5.83. The number of aliphatic hydroxyl groups is 4. The molecule has 0 aliphatic carbocycles. The van der Waals surface area contributed by atoms with Crippen molar-refractivity contribution in [2.24, 2.45) is 0 Å². The summed E-state index contributed by atoms with van der Waals surface area (Å²) < 4.78 is 1.46. The molecule has 0 bridgehead atoms. The number of aldehydes is 1. The van der Waals surface area contributed by atoms with Crippen LogP contribution in [0.25, 0.3) is 11.2 Å². The zero-order chi connectivity index (χ0) is 14.7. The summed E-state index contributed by atoms with van der Waals surface area (Å²) in [5.41, 5.74) is 0.972. The normalized spacial score (nSPS) is 17.6. The molecule has 0 saturated carbocycles. The smallest absolute Gasteiger partial charge is 0.163 e. The second kappa shape index (κ2) is 6.01. The molecule has 4 N–H and O–H groups in total. The van der Waals surface area contributed by atoms with Crippen LogP contribution in [0.2, 0.25) is 0 Å². The van der Waals surface area contributed by atoms with Crippen LogP contribution < -0.4 is 0 Å². The summed E-state index contributed by atoms with van der Waals surface area (Å²) in [7, 11) is 0. The van der Waals surface area contributed by atoms with Crippen LogP contribution in [0, 0.1) is 0 Å². The van der Waals surface area contributed by atoms with Crippen LogP contribution in [0.3, 0.4) is 0 Å². The van der Waals surface area contributed by atoms with Crippen molar-refractivity contribution < 1.29 is 25.2 Å². The highest BCUT2D eigenvalue weighted by Crippen LogP contribution is 2.11. The predicted octanol–water partition coefficient (Wildman–Crippen LogP) is -2.53. The highest BCUT2D eigenvalue weighted by Gasteiger charge is 2.30. The quantitative estimate of drug-likeness (QED) is 0.425. The topological polar surface area (TPSA) is 142 Å². The molecule has 9 heteroatoms. The van der Waals surface area contributed by atoms with Gasteiger partial charge in [-0.3, -0.25) is 0 Å². The van der Waals surface area contributed by atoms with Gasteiger partial charge in [0, 0.05) is 0 Å². The molecule has 9 nitrogen and oxygen atoms in total. The van der Waals surface area contributed by atoms with Crippen molar-refractivity contribution in [3.8, 4) is 0 Å². The Bertz CT molecular complexity index is 589. The number of nitrogens with zero attached hydrogens (tertiary/aromatic N) is 4. The third kappa shape index (κ3) is 2.80. The van der Waals surface area contributed by atoms with Gasteiger partial charge in [-0.05, 0) is 0 Å². The van der Waals surface area contributed by atoms with Gasteiger partial charge in [-0.1, -0.05) is 0 Å². The Morgan fingerprint density at radius 1 is 1.20 bits per heavy atom. The first kappa shape index (κ1) is 14.5. The summed E-state index contributed by atoms with van der Waals surface area (Å²) in [6.07, 6.45) is -2.34. The third-order valence-electron chi connectivity index (χ3n) is 2.90. The maximum Gasteiger partial charge on any atom is 0.163 e. The zero-order valence-corrected chi connectivity index (χ0v) is 10.3. The lowest BCUT2D eigenvalue weighted by Gasteiger charge is -2.24. The van der Waals surface area contributed by atoms with Crippen LogP contribution in [0.5, 0.6) is 0 Å². The van der Waals surface area contributed by atoms with Gasteiger partial charge in [0.2, 0.25) is 0 Å². The first-order valence-corrected chi connectivity index (χ1v) is 5.83. The van der Waals surface area contributed by atoms with Crippen molar-refractivity contribution >= 4 is 17.5 Å². The molecule has 0 aromatic carbocycles. The second-order valence-electron chi connectivity index (χ2n) is 4.30. The molecular formula is C11H14N4O5. The standard InChI is InChI=1S/C11H14N4O5/c16-3-8(18)10(20)9(19)7(17)2-15-5-14-6-1-12-4-13-11(6)15/h1,3-5,7-10,17-20H,2H2/t7-,8?,9-,10+/m0/s1. The summed E-state index contributed by atoms with van der Waals surface area (Å²) in [5.74, 6) is 0. The van der Waals surface area contributed by atoms with Crippen molar-refractivity contribution in [1.82, 2.24) is 19.5 Å². The van der Waals surface area contributed by atoms with E-state index in [-0.39, 0.29) is 12.8 Å². The Kier molecular flexibility index (Phi) is 4.35. The molecule has 2 heterocycles. The van der Waals surface area contributed by atoms with E-state index in [1.165, 1.54) is 23.4 Å². The zero-order valence-electron chi connectivity index (χ0n) is 10.3. The van der Waals surface area contributed by atoms with Crippen LogP contribution in [-0.4, -0.2) is 70.6 Å². The summed E-state index contributed by atoms with van der Waals surface area (Å²) in [6, 6.07) is 0. The fourth-order valence-corrected chi connectivity index (χ4v) is 1.77. The maximum absolute atomic E-state index is 10.3. The lowest BCUT2D eigenvalue weighted by Crippen LogP contribution is -2.46. The molecule has 0 fully saturated rings. The molecule has 20 heavy (non-hydrogen) atoms. The summed E-state index contributed by atoms with van der Waals surface area (Å²) in [5, 5.41) is 38.1. The molecule has 0 radical (unpaired) electrons. The minimum absolute atomic E-state index is 0.0838. The molecule has 2 aromatic rings. The van der Waals surface area contributed by atoms with Gasteiger partial charge >= 0.3 is 0 Å². The van der Waals surface area contributed by atoms with Gasteiger partial charge in [0.1, 0.15) is 36.3 Å². The minimum Gasteiger partial charge on any atom is -0.388 e. The van der Waals surface area contributed by atoms with E-state index in [0.717, 1.165) is 0 Å². The Labute approximate surface area is 113 Å². The van der Waals surface area contributed by atoms with Gasteiger partial charge in [0.05, 0.1) is 19.1 Å². The average molecular weight is 282 g/mol. The monoisotopic (exact) mass is 282 g/mol. The Morgan fingerprint density at radius 3 is 2.65 bits per heavy atom. The number of carbonyl (C=O) groups excluding carboxylic acids is 1. The van der Waals surface area contributed by atoms with Crippen molar-refractivity contribution in [3.05, 3.63) is 18.9 Å². The van der Waals surface area contributed by atoms with Crippen molar-refractivity contribution in [3.63, 3.8) is 0 Å². The molecule has 108 valence electrons. The second-order valence-corrected chi connectivity index (χ2v) is 4.30. The molecule has 2 rings (SSSR count). The fraction of sp³-hybridized carbons (Fsp3) is 0.455. The average Bonchev–Trinajstić information content (AvgIpc) is 2.88. The van der Waals surface area contributed by atoms with Gasteiger partial charge in [-0.15, -0.1) is 0 Å². The van der Waals surface area contributed by atoms with Crippen LogP contribution in [0.4, 0.5) is 0 Å². The number of hydrogen-bond donors (Lipinski definition) is 4. The van der Waals surface area contributed by atoms with E-state index in [1.54, 1.807) is 0 Å². The first-order chi connectivity index (χ1) is 9.54. The van der Waals surface area contributed by atoms with E-state index in [0.29, 0.717) is 11.2 Å². The molecule has 0 saturated heterocycles. The lowest BCUT2D eigenvalue weighted by molar-refractivity contribution is -0.134. The van der Waals surface area contributed by atoms with Gasteiger partial charge < -0.3 is 29.8 Å². The minimum atomic E-state index is -1.77. The number of hydrogen-bond acceptors (Lipinski definition) is 8. The van der Waals surface area contributed by atoms with Crippen molar-refractivity contribution in [2.45, 2.75) is 31.0 Å². The van der Waals surface area contributed by atoms with Gasteiger partial charge in [0.15, 0.2) is 11.9 Å². The molecule has 0 amide bonds. The van der Waals surface area contributed by atoms with E-state index >= 15 is 0 Å². The Morgan fingerprint density at radius 2 is 1.95 bits per heavy atom. The summed E-state index contributed by atoms with van der Waals surface area (Å²) in [4.78, 5) is 22.1. The molecular weight excluding hydrogens is 268 g/mol. The maximum atomic E-state index is 10.3. The number of fused-ring (bicyclic) bond motifs is 1. The SMILES string of the molecule is O=CC(O)[C@@H](O)[C@@H](O)[C@@H](O)Cn1cnc2cncnc21. The molecule has 0 aliphatic heterocycles. The number of aromatic nitrogens is 4. The highest BCUT2D eigenvalue weighted by molar-refractivity contribution is 5.68. The summed E-state index contributed by atoms with van der Waals surface area (Å²) in [6.45, 7) is -0.114. The summed E-state index contributed by atoms with van der Waals surface area (Å²) >= 11 is 0. The van der Waals surface area contributed by atoms with E-state index in [4.69, 9.17) is 5.11 Å². The molecule has 0 aliphatic rings. The lowest BCUT2D eigenvalue weighted by atomic mass is 10.0. The highest BCUT2D eigenvalue weighted by atomic mass is 16.4. The van der Waals surface area contributed by atoms with Crippen LogP contribution in [-0.2, 0) is 11.3 Å². The largest absolute Gasteiger partial charge is 0.388 e. The number of rotatable bonds is 6. The number of imidazole rings is 1. The molecule has 2 aromatic heterocycles. The van der Waals surface area contributed by atoms with Crippen LogP contribution in [0.15, 0.2) is 18.9 Å². The van der Waals surface area contributed by atoms with E-state index < -0.39 is 24.4 Å². The molecule has 4 atom stereocenters. The fourth-order valence-electron chi connectivity index (χ4n) is 1.77. The van der Waals surface area contributed by atoms with Crippen molar-refractivity contribution in [2.75, 3.05) is 0 Å². The van der Waals surface area contributed by atoms with Gasteiger partial charge in [-0.25, -0.2) is 15.0 Å². The Hall–Kier alpha value is -1.94. The molecule has 0 spiro atoms. The van der Waals surface area contributed by atoms with Crippen LogP contribution >= 0.6 is 0 Å². The number of aliphatic hydroxyl groups excluding tert-OH is 4. The Balaban J connectivity index is 2.11. The van der Waals surface area contributed by atoms with Crippen molar-refractivity contribution in [1.29, 1.82) is 0 Å². The predicted molar refractivity (Wildman–Crippen MR) is 65.4 cm³/mol. The third-order valence-corrected chi connectivity index (χ3v) is 2.90. The van der Waals surface area contributed by atoms with Gasteiger partial charge in [-0.2, -0.15) is 0 Å². The van der Waals surface area contributed by atoms with Crippen LogP contribution in [0.1, 0.15) is 0 Å². The van der Waals surface area contributed by atoms with E-state index in [1.807, 2.05) is 0 Å². The molecule has 1 unspecified atom stereocenters. The van der Waals surface area contributed by atoms with Gasteiger partial charge in [0.25, 0.3) is 0 Å². The van der Waals surface area contributed by atoms with E-state index in [2.05, 4.69) is 15.0 Å².